The fourth-order valence-corrected chi connectivity index (χ4v) is 9.86. The molecule has 1 aromatic carbocycles. The van der Waals surface area contributed by atoms with E-state index < -0.39 is 64.0 Å². The van der Waals surface area contributed by atoms with E-state index in [1.165, 1.54) is 7.11 Å². The standard InChI is InChI=1S/C40H66N6O8S/c1-9-25(4)36(45(6)40(50)34(24(2)3)44-39(49)35-28-17-18-29(21-28)42-35)32(53-7)22-33(47)46-19-13-16-31(46)37(54-8)26(5)38(48)43-30(23-55(41,51)52)20-27-14-11-10-12-15-27/h10-12,14-15,24-26,28-32,34-37,42H,9,13,16-23H2,1-8H3,(H,43,48)(H,44,49)(H2,41,51,52)/t25?,26?,28-,29+,30?,31-,32?,34?,35-,36?,37?/m0/s1. The minimum Gasteiger partial charge on any atom is -0.379 e. The minimum atomic E-state index is -3.89. The summed E-state index contributed by atoms with van der Waals surface area (Å²) in [4.78, 5) is 59.0. The normalized spacial score (nSPS) is 24.8. The molecule has 2 aliphatic heterocycles. The van der Waals surface area contributed by atoms with Crippen LogP contribution >= 0.6 is 0 Å². The van der Waals surface area contributed by atoms with Crippen molar-refractivity contribution in [3.05, 3.63) is 35.9 Å². The van der Waals surface area contributed by atoms with Gasteiger partial charge in [-0.3, -0.25) is 19.2 Å². The zero-order chi connectivity index (χ0) is 40.6. The van der Waals surface area contributed by atoms with Gasteiger partial charge in [0.05, 0.1) is 48.4 Å². The van der Waals surface area contributed by atoms with Gasteiger partial charge in [0.25, 0.3) is 0 Å². The van der Waals surface area contributed by atoms with Crippen LogP contribution in [0.2, 0.25) is 0 Å². The molecule has 3 fully saturated rings. The number of benzene rings is 1. The molecular weight excluding hydrogens is 725 g/mol. The number of nitrogens with two attached hydrogens (primary N) is 1. The van der Waals surface area contributed by atoms with Crippen molar-refractivity contribution in [3.8, 4) is 0 Å². The van der Waals surface area contributed by atoms with E-state index >= 15 is 0 Å². The van der Waals surface area contributed by atoms with Crippen molar-refractivity contribution < 1.29 is 37.1 Å². The van der Waals surface area contributed by atoms with Crippen LogP contribution < -0.4 is 21.1 Å². The third-order valence-corrected chi connectivity index (χ3v) is 13.1. The molecule has 3 aliphatic rings. The van der Waals surface area contributed by atoms with Crippen molar-refractivity contribution in [3.63, 3.8) is 0 Å². The molecule has 7 unspecified atom stereocenters. The summed E-state index contributed by atoms with van der Waals surface area (Å²) in [6, 6.07) is 6.95. The lowest BCUT2D eigenvalue weighted by atomic mass is 9.89. The van der Waals surface area contributed by atoms with E-state index in [9.17, 15) is 27.6 Å². The number of nitrogens with one attached hydrogen (secondary N) is 3. The maximum atomic E-state index is 14.2. The van der Waals surface area contributed by atoms with E-state index in [4.69, 9.17) is 14.6 Å². The van der Waals surface area contributed by atoms with E-state index in [1.54, 1.807) is 30.9 Å². The zero-order valence-electron chi connectivity index (χ0n) is 34.0. The van der Waals surface area contributed by atoms with E-state index in [-0.39, 0.29) is 48.4 Å². The lowest BCUT2D eigenvalue weighted by Crippen LogP contribution is -2.60. The van der Waals surface area contributed by atoms with Gasteiger partial charge in [-0.2, -0.15) is 0 Å². The van der Waals surface area contributed by atoms with Gasteiger partial charge in [0.2, 0.25) is 33.7 Å². The van der Waals surface area contributed by atoms with Crippen LogP contribution in [0, 0.1) is 23.7 Å². The Morgan fingerprint density at radius 2 is 1.71 bits per heavy atom. The molecule has 11 atom stereocenters. The first-order chi connectivity index (χ1) is 26.0. The molecule has 5 N–H and O–H groups in total. The summed E-state index contributed by atoms with van der Waals surface area (Å²) in [5.41, 5.74) is 0.855. The highest BCUT2D eigenvalue weighted by Gasteiger charge is 2.46. The van der Waals surface area contributed by atoms with Crippen molar-refractivity contribution in [2.24, 2.45) is 28.8 Å². The number of methoxy groups -OCH3 is 2. The summed E-state index contributed by atoms with van der Waals surface area (Å²) in [5, 5.41) is 14.8. The number of hydrogen-bond donors (Lipinski definition) is 4. The molecule has 0 aromatic heterocycles. The molecule has 1 aromatic rings. The quantitative estimate of drug-likeness (QED) is 0.154. The van der Waals surface area contributed by atoms with Crippen LogP contribution in [0.4, 0.5) is 0 Å². The van der Waals surface area contributed by atoms with Gasteiger partial charge >= 0.3 is 0 Å². The third-order valence-electron chi connectivity index (χ3n) is 12.2. The lowest BCUT2D eigenvalue weighted by molar-refractivity contribution is -0.147. The van der Waals surface area contributed by atoms with Gasteiger partial charge in [0, 0.05) is 39.9 Å². The van der Waals surface area contributed by atoms with Gasteiger partial charge in [-0.15, -0.1) is 0 Å². The van der Waals surface area contributed by atoms with Gasteiger partial charge in [0.15, 0.2) is 0 Å². The first-order valence-corrected chi connectivity index (χ1v) is 21.7. The van der Waals surface area contributed by atoms with E-state index in [1.807, 2.05) is 58.0 Å². The van der Waals surface area contributed by atoms with Gasteiger partial charge < -0.3 is 35.2 Å². The molecular formula is C40H66N6O8S. The van der Waals surface area contributed by atoms with Crippen molar-refractivity contribution in [2.75, 3.05) is 33.6 Å². The molecule has 4 rings (SSSR count). The van der Waals surface area contributed by atoms with Crippen molar-refractivity contribution in [2.45, 2.75) is 134 Å². The summed E-state index contributed by atoms with van der Waals surface area (Å²) in [5.74, 6) is -2.00. The molecule has 2 saturated heterocycles. The fraction of sp³-hybridized carbons (Fsp3) is 0.750. The minimum absolute atomic E-state index is 0.00207. The lowest BCUT2D eigenvalue weighted by Gasteiger charge is -2.41. The van der Waals surface area contributed by atoms with Crippen LogP contribution in [-0.4, -0.2) is 124 Å². The zero-order valence-corrected chi connectivity index (χ0v) is 34.8. The smallest absolute Gasteiger partial charge is 0.245 e. The number of likely N-dealkylation sites (tertiary alicyclic amines) is 1. The number of piperidine rings is 1. The predicted octanol–water partition coefficient (Wildman–Crippen LogP) is 2.20. The Morgan fingerprint density at radius 3 is 2.25 bits per heavy atom. The number of rotatable bonds is 20. The Morgan fingerprint density at radius 1 is 1.02 bits per heavy atom. The third kappa shape index (κ3) is 11.5. The molecule has 15 heteroatoms. The number of fused-ring (bicyclic) bond motifs is 2. The fourth-order valence-electron chi connectivity index (χ4n) is 9.10. The maximum absolute atomic E-state index is 14.2. The number of amides is 4. The number of carbonyl (C=O) groups is 4. The van der Waals surface area contributed by atoms with Crippen LogP contribution in [0.1, 0.15) is 85.1 Å². The predicted molar refractivity (Wildman–Crippen MR) is 211 cm³/mol. The molecule has 55 heavy (non-hydrogen) atoms. The summed E-state index contributed by atoms with van der Waals surface area (Å²) >= 11 is 0. The van der Waals surface area contributed by atoms with Gasteiger partial charge in [0.1, 0.15) is 6.04 Å². The second-order valence-corrected chi connectivity index (χ2v) is 18.1. The number of nitrogens with zero attached hydrogens (tertiary/aromatic N) is 2. The SMILES string of the molecule is CCC(C)C(C(CC(=O)N1CCC[C@H]1C(OC)C(C)C(=O)NC(Cc1ccccc1)CS(N)(=O)=O)OC)N(C)C(=O)C(NC(=O)[C@H]1N[C@@H]2CC[C@H]1C2)C(C)C. The highest BCUT2D eigenvalue weighted by atomic mass is 32.2. The Kier molecular flexibility index (Phi) is 16.1. The monoisotopic (exact) mass is 790 g/mol. The van der Waals surface area contributed by atoms with E-state index in [0.29, 0.717) is 31.3 Å². The topological polar surface area (TPSA) is 189 Å². The molecule has 1 saturated carbocycles. The van der Waals surface area contributed by atoms with Crippen LogP contribution in [0.25, 0.3) is 0 Å². The highest BCUT2D eigenvalue weighted by molar-refractivity contribution is 7.89. The van der Waals surface area contributed by atoms with Crippen LogP contribution in [0.15, 0.2) is 30.3 Å². The van der Waals surface area contributed by atoms with Crippen molar-refractivity contribution in [1.82, 2.24) is 25.8 Å². The van der Waals surface area contributed by atoms with Gasteiger partial charge in [-0.1, -0.05) is 71.4 Å². The van der Waals surface area contributed by atoms with Crippen LogP contribution in [-0.2, 0) is 45.1 Å². The highest BCUT2D eigenvalue weighted by Crippen LogP contribution is 2.35. The second-order valence-electron chi connectivity index (χ2n) is 16.5. The molecule has 310 valence electrons. The first kappa shape index (κ1) is 44.6. The average Bonchev–Trinajstić information content (AvgIpc) is 3.91. The van der Waals surface area contributed by atoms with E-state index in [2.05, 4.69) is 16.0 Å². The number of ether oxygens (including phenoxy) is 2. The largest absolute Gasteiger partial charge is 0.379 e. The number of hydrogen-bond acceptors (Lipinski definition) is 9. The molecule has 2 heterocycles. The molecule has 14 nitrogen and oxygen atoms in total. The van der Waals surface area contributed by atoms with Crippen LogP contribution in [0.3, 0.4) is 0 Å². The van der Waals surface area contributed by atoms with Gasteiger partial charge in [-0.25, -0.2) is 13.6 Å². The molecule has 2 bridgehead atoms. The Hall–Kier alpha value is -3.11. The number of sulfonamides is 1. The molecule has 4 amide bonds. The summed E-state index contributed by atoms with van der Waals surface area (Å²) in [6.07, 6.45) is 4.09. The van der Waals surface area contributed by atoms with Gasteiger partial charge in [-0.05, 0) is 61.8 Å². The number of carbonyl (C=O) groups excluding carboxylic acids is 4. The summed E-state index contributed by atoms with van der Waals surface area (Å²) < 4.78 is 36.1. The maximum Gasteiger partial charge on any atom is 0.245 e. The second kappa shape index (κ2) is 19.8. The molecule has 0 radical (unpaired) electrons. The Labute approximate surface area is 328 Å². The first-order valence-electron chi connectivity index (χ1n) is 20.0. The van der Waals surface area contributed by atoms with Crippen LogP contribution in [0.5, 0.6) is 0 Å². The number of likely N-dealkylation sites (N-methyl/N-ethyl adjacent to an activating group) is 1. The Balaban J connectivity index is 1.46. The van der Waals surface area contributed by atoms with E-state index in [0.717, 1.165) is 31.2 Å². The summed E-state index contributed by atoms with van der Waals surface area (Å²) in [7, 11) is 0.895. The Bertz CT molecular complexity index is 1560. The molecule has 1 aliphatic carbocycles. The summed E-state index contributed by atoms with van der Waals surface area (Å²) in [6.45, 7) is 10.1. The number of primary sulfonamides is 1. The van der Waals surface area contributed by atoms with Crippen molar-refractivity contribution >= 4 is 33.7 Å². The van der Waals surface area contributed by atoms with Crippen molar-refractivity contribution in [1.29, 1.82) is 0 Å². The average molecular weight is 791 g/mol. The molecule has 0 spiro atoms.